The van der Waals surface area contributed by atoms with Crippen molar-refractivity contribution in [1.29, 1.82) is 0 Å². The van der Waals surface area contributed by atoms with Gasteiger partial charge < -0.3 is 14.2 Å². The zero-order chi connectivity index (χ0) is 17.9. The van der Waals surface area contributed by atoms with E-state index < -0.39 is 0 Å². The van der Waals surface area contributed by atoms with E-state index in [9.17, 15) is 0 Å². The standard InChI is InChI=1S/C18H19N5O2S/c1-3-9-24-22-13-6-8-23(2)18-15(13)21-16(25-18)14-11-20-17(26-14)12-5-4-7-19-10-12/h4-5,7,10-11H,3,6,8-9H2,1-2H3/b22-13+. The maximum absolute atomic E-state index is 6.02. The van der Waals surface area contributed by atoms with E-state index in [-0.39, 0.29) is 0 Å². The fourth-order valence-corrected chi connectivity index (χ4v) is 3.49. The molecule has 0 atom stereocenters. The second kappa shape index (κ2) is 7.25. The molecule has 1 aliphatic heterocycles. The number of pyridine rings is 1. The summed E-state index contributed by atoms with van der Waals surface area (Å²) >= 11 is 1.53. The van der Waals surface area contributed by atoms with Crippen molar-refractivity contribution in [3.05, 3.63) is 36.4 Å². The lowest BCUT2D eigenvalue weighted by molar-refractivity contribution is 0.144. The molecule has 0 aliphatic carbocycles. The number of thiazole rings is 1. The predicted molar refractivity (Wildman–Crippen MR) is 102 cm³/mol. The van der Waals surface area contributed by atoms with Gasteiger partial charge in [0.15, 0.2) is 5.69 Å². The van der Waals surface area contributed by atoms with Crippen molar-refractivity contribution in [3.63, 3.8) is 0 Å². The number of oxazole rings is 1. The minimum Gasteiger partial charge on any atom is -0.419 e. The molecule has 0 radical (unpaired) electrons. The van der Waals surface area contributed by atoms with Crippen molar-refractivity contribution < 1.29 is 9.25 Å². The van der Waals surface area contributed by atoms with Crippen molar-refractivity contribution in [2.45, 2.75) is 19.8 Å². The van der Waals surface area contributed by atoms with E-state index in [1.807, 2.05) is 24.1 Å². The van der Waals surface area contributed by atoms with E-state index in [4.69, 9.17) is 9.25 Å². The normalized spacial score (nSPS) is 15.3. The molecule has 134 valence electrons. The zero-order valence-corrected chi connectivity index (χ0v) is 15.5. The summed E-state index contributed by atoms with van der Waals surface area (Å²) in [5, 5.41) is 5.14. The Labute approximate surface area is 155 Å². The average Bonchev–Trinajstić information content (AvgIpc) is 3.32. The molecular weight excluding hydrogens is 350 g/mol. The number of hydrogen-bond acceptors (Lipinski definition) is 8. The first-order chi connectivity index (χ1) is 12.8. The highest BCUT2D eigenvalue weighted by molar-refractivity contribution is 7.18. The number of rotatable bonds is 5. The first-order valence-corrected chi connectivity index (χ1v) is 9.35. The summed E-state index contributed by atoms with van der Waals surface area (Å²) in [5.74, 6) is 1.28. The number of fused-ring (bicyclic) bond motifs is 1. The second-order valence-corrected chi connectivity index (χ2v) is 7.02. The van der Waals surface area contributed by atoms with Gasteiger partial charge in [-0.3, -0.25) is 4.98 Å². The van der Waals surface area contributed by atoms with Crippen LogP contribution in [-0.4, -0.2) is 40.9 Å². The Morgan fingerprint density at radius 1 is 1.38 bits per heavy atom. The summed E-state index contributed by atoms with van der Waals surface area (Å²) in [6, 6.07) is 3.88. The van der Waals surface area contributed by atoms with Gasteiger partial charge >= 0.3 is 0 Å². The molecule has 0 saturated heterocycles. The third kappa shape index (κ3) is 3.20. The van der Waals surface area contributed by atoms with Crippen LogP contribution in [0.1, 0.15) is 25.5 Å². The SMILES string of the molecule is CCCO/N=C1\CCN(C)c2oc(-c3cnc(-c4cccnc4)s3)nc21. The van der Waals surface area contributed by atoms with Crippen molar-refractivity contribution in [2.24, 2.45) is 5.16 Å². The Bertz CT molecular complexity index is 919. The summed E-state index contributed by atoms with van der Waals surface area (Å²) in [6.45, 7) is 3.47. The Morgan fingerprint density at radius 2 is 2.31 bits per heavy atom. The fraction of sp³-hybridized carbons (Fsp3) is 0.333. The minimum atomic E-state index is 0.555. The number of oxime groups is 1. The van der Waals surface area contributed by atoms with Gasteiger partial charge in [-0.1, -0.05) is 12.1 Å². The minimum absolute atomic E-state index is 0.555. The fourth-order valence-electron chi connectivity index (χ4n) is 2.66. The van der Waals surface area contributed by atoms with E-state index in [2.05, 4.69) is 27.0 Å². The van der Waals surface area contributed by atoms with E-state index >= 15 is 0 Å². The van der Waals surface area contributed by atoms with Gasteiger partial charge in [0.05, 0.1) is 6.20 Å². The maximum Gasteiger partial charge on any atom is 0.241 e. The predicted octanol–water partition coefficient (Wildman–Crippen LogP) is 3.83. The van der Waals surface area contributed by atoms with Gasteiger partial charge in [-0.05, 0) is 18.6 Å². The van der Waals surface area contributed by atoms with Crippen LogP contribution < -0.4 is 4.90 Å². The van der Waals surface area contributed by atoms with E-state index in [1.54, 1.807) is 18.6 Å². The largest absolute Gasteiger partial charge is 0.419 e. The Hall–Kier alpha value is -2.74. The Balaban J connectivity index is 1.66. The topological polar surface area (TPSA) is 76.6 Å². The third-order valence-electron chi connectivity index (χ3n) is 4.01. The van der Waals surface area contributed by atoms with Crippen molar-refractivity contribution in [2.75, 3.05) is 25.1 Å². The second-order valence-electron chi connectivity index (χ2n) is 5.99. The van der Waals surface area contributed by atoms with Crippen LogP contribution in [0.15, 0.2) is 40.3 Å². The molecule has 26 heavy (non-hydrogen) atoms. The molecule has 0 spiro atoms. The summed E-state index contributed by atoms with van der Waals surface area (Å²) in [5.41, 5.74) is 2.56. The van der Waals surface area contributed by atoms with Gasteiger partial charge in [0, 0.05) is 38.0 Å². The summed E-state index contributed by atoms with van der Waals surface area (Å²) in [6.07, 6.45) is 7.04. The lowest BCUT2D eigenvalue weighted by Gasteiger charge is -2.21. The van der Waals surface area contributed by atoms with Gasteiger partial charge in [0.2, 0.25) is 11.8 Å². The van der Waals surface area contributed by atoms with Crippen LogP contribution in [0.2, 0.25) is 0 Å². The summed E-state index contributed by atoms with van der Waals surface area (Å²) in [4.78, 5) is 21.6. The molecule has 7 nitrogen and oxygen atoms in total. The lowest BCUT2D eigenvalue weighted by atomic mass is 10.1. The third-order valence-corrected chi connectivity index (χ3v) is 5.04. The molecule has 1 aliphatic rings. The molecule has 3 aromatic heterocycles. The van der Waals surface area contributed by atoms with Crippen molar-refractivity contribution in [1.82, 2.24) is 15.0 Å². The lowest BCUT2D eigenvalue weighted by Crippen LogP contribution is -2.28. The van der Waals surface area contributed by atoms with Gasteiger partial charge in [-0.2, -0.15) is 0 Å². The van der Waals surface area contributed by atoms with Crippen LogP contribution in [0.25, 0.3) is 21.3 Å². The van der Waals surface area contributed by atoms with E-state index in [0.717, 1.165) is 52.1 Å². The number of anilines is 1. The number of aromatic nitrogens is 3. The molecule has 0 unspecified atom stereocenters. The molecule has 4 rings (SSSR count). The Kier molecular flexibility index (Phi) is 4.66. The smallest absolute Gasteiger partial charge is 0.241 e. The molecule has 4 heterocycles. The van der Waals surface area contributed by atoms with Gasteiger partial charge in [0.1, 0.15) is 22.2 Å². The molecule has 0 fully saturated rings. The van der Waals surface area contributed by atoms with Crippen LogP contribution in [0.4, 0.5) is 5.88 Å². The zero-order valence-electron chi connectivity index (χ0n) is 14.7. The number of hydrogen-bond donors (Lipinski definition) is 0. The molecule has 0 N–H and O–H groups in total. The molecular formula is C18H19N5O2S. The van der Waals surface area contributed by atoms with Crippen molar-refractivity contribution in [3.8, 4) is 21.3 Å². The maximum atomic E-state index is 6.02. The first-order valence-electron chi connectivity index (χ1n) is 8.54. The molecule has 3 aromatic rings. The molecule has 0 aromatic carbocycles. The van der Waals surface area contributed by atoms with Crippen LogP contribution in [0, 0.1) is 0 Å². The average molecular weight is 369 g/mol. The monoisotopic (exact) mass is 369 g/mol. The Morgan fingerprint density at radius 3 is 3.12 bits per heavy atom. The highest BCUT2D eigenvalue weighted by atomic mass is 32.1. The molecule has 0 amide bonds. The van der Waals surface area contributed by atoms with Crippen LogP contribution >= 0.6 is 11.3 Å². The van der Waals surface area contributed by atoms with Crippen LogP contribution in [0.5, 0.6) is 0 Å². The van der Waals surface area contributed by atoms with Crippen LogP contribution in [-0.2, 0) is 4.84 Å². The highest BCUT2D eigenvalue weighted by Gasteiger charge is 2.28. The van der Waals surface area contributed by atoms with E-state index in [0.29, 0.717) is 12.5 Å². The molecule has 8 heteroatoms. The van der Waals surface area contributed by atoms with Gasteiger partial charge in [-0.15, -0.1) is 11.3 Å². The first kappa shape index (κ1) is 16.7. The van der Waals surface area contributed by atoms with E-state index in [1.165, 1.54) is 11.3 Å². The molecule has 0 bridgehead atoms. The van der Waals surface area contributed by atoms with Gasteiger partial charge in [-0.25, -0.2) is 9.97 Å². The van der Waals surface area contributed by atoms with Crippen molar-refractivity contribution >= 4 is 22.9 Å². The molecule has 0 saturated carbocycles. The van der Waals surface area contributed by atoms with Gasteiger partial charge in [0.25, 0.3) is 0 Å². The highest BCUT2D eigenvalue weighted by Crippen LogP contribution is 2.36. The summed E-state index contributed by atoms with van der Waals surface area (Å²) in [7, 11) is 1.99. The number of nitrogens with zero attached hydrogens (tertiary/aromatic N) is 5. The quantitative estimate of drug-likeness (QED) is 0.502. The summed E-state index contributed by atoms with van der Waals surface area (Å²) < 4.78 is 6.02. The van der Waals surface area contributed by atoms with Crippen LogP contribution in [0.3, 0.4) is 0 Å².